The summed E-state index contributed by atoms with van der Waals surface area (Å²) < 4.78 is 4.92. The predicted octanol–water partition coefficient (Wildman–Crippen LogP) is 8.67. The maximum absolute atomic E-state index is 2.54. The number of hydrogen-bond acceptors (Lipinski definition) is 0. The zero-order valence-corrected chi connectivity index (χ0v) is 23.0. The lowest BCUT2D eigenvalue weighted by Gasteiger charge is -2.42. The Hall–Kier alpha value is -4.95. The van der Waals surface area contributed by atoms with Crippen molar-refractivity contribution in [2.24, 2.45) is 7.05 Å². The number of nitrogens with zero attached hydrogens (tertiary/aromatic N) is 2. The lowest BCUT2D eigenvalue weighted by Crippen LogP contribution is -2.28. The van der Waals surface area contributed by atoms with Crippen LogP contribution in [0.2, 0.25) is 0 Å². The molecule has 0 saturated heterocycles. The summed E-state index contributed by atoms with van der Waals surface area (Å²) >= 11 is 0. The molecular weight excluding hydrogens is 496 g/mol. The van der Waals surface area contributed by atoms with Gasteiger partial charge in [-0.1, -0.05) is 91.0 Å². The van der Waals surface area contributed by atoms with Gasteiger partial charge < -0.3 is 0 Å². The highest BCUT2D eigenvalue weighted by atomic mass is 15.1. The first-order chi connectivity index (χ1) is 20.2. The average Bonchev–Trinajstić information content (AvgIpc) is 3.32. The molecule has 0 atom stereocenters. The molecule has 0 saturated carbocycles. The third kappa shape index (κ3) is 2.49. The summed E-state index contributed by atoms with van der Waals surface area (Å²) in [5.41, 5.74) is 15.2. The number of pyridine rings is 1. The predicted molar refractivity (Wildman–Crippen MR) is 168 cm³/mol. The van der Waals surface area contributed by atoms with E-state index in [9.17, 15) is 0 Å². The van der Waals surface area contributed by atoms with Crippen molar-refractivity contribution < 1.29 is 4.57 Å². The van der Waals surface area contributed by atoms with Crippen LogP contribution in [0.3, 0.4) is 0 Å². The number of aryl methyl sites for hydroxylation is 2. The van der Waals surface area contributed by atoms with E-state index in [1.54, 1.807) is 0 Å². The summed E-state index contributed by atoms with van der Waals surface area (Å²) in [6.45, 7) is 2.24. The molecule has 2 nitrogen and oxygen atoms in total. The van der Waals surface area contributed by atoms with E-state index in [1.807, 2.05) is 0 Å². The van der Waals surface area contributed by atoms with E-state index in [2.05, 4.69) is 138 Å². The Morgan fingerprint density at radius 2 is 1.15 bits per heavy atom. The molecule has 0 spiro atoms. The van der Waals surface area contributed by atoms with Gasteiger partial charge in [0.15, 0.2) is 11.0 Å². The first-order valence-electron chi connectivity index (χ1n) is 14.6. The Labute approximate surface area is 237 Å². The minimum absolute atomic E-state index is 0.249. The second-order valence-corrected chi connectivity index (χ2v) is 12.0. The number of imidazole rings is 1. The molecular formula is C39H27N2+. The second kappa shape index (κ2) is 7.41. The van der Waals surface area contributed by atoms with Gasteiger partial charge >= 0.3 is 0 Å². The van der Waals surface area contributed by atoms with Crippen LogP contribution in [0.1, 0.15) is 50.8 Å². The number of rotatable bonds is 0. The van der Waals surface area contributed by atoms with Gasteiger partial charge in [-0.2, -0.15) is 4.40 Å². The fourth-order valence-electron chi connectivity index (χ4n) is 8.53. The number of benzene rings is 6. The Balaban J connectivity index is 1.44. The van der Waals surface area contributed by atoms with Crippen LogP contribution in [-0.2, 0) is 7.05 Å². The molecule has 2 heteroatoms. The SMILES string of the molecule is Cc1cccc2c3ccc4c5c(ccc4c3n3c4ccccc4[n+](C)c3c12)C1c2ccccc2C5c2ccccc21. The Bertz CT molecular complexity index is 2410. The highest BCUT2D eigenvalue weighted by molar-refractivity contribution is 6.21. The van der Waals surface area contributed by atoms with Gasteiger partial charge in [0, 0.05) is 28.0 Å². The standard InChI is InChI=1S/C39H27N2/c1-22-10-9-15-27-29-19-18-28-30(38(29)41-33-17-8-7-16-32(33)40(2)39(41)34(22)27)20-21-31-35-23-11-3-5-13-25(23)36(37(28)31)26-14-6-4-12-24(26)35/h3-21,35-36H,1-2H3/q+1. The summed E-state index contributed by atoms with van der Waals surface area (Å²) in [5, 5.41) is 6.67. The largest absolute Gasteiger partial charge is 0.295 e. The van der Waals surface area contributed by atoms with E-state index >= 15 is 0 Å². The fraction of sp³-hybridized carbons (Fsp3) is 0.103. The molecule has 3 aliphatic rings. The summed E-state index contributed by atoms with van der Waals surface area (Å²) in [6, 6.07) is 43.5. The van der Waals surface area contributed by atoms with Crippen molar-refractivity contribution in [2.75, 3.05) is 0 Å². The molecule has 0 amide bonds. The van der Waals surface area contributed by atoms with Crippen LogP contribution >= 0.6 is 0 Å². The van der Waals surface area contributed by atoms with Gasteiger partial charge in [0.05, 0.1) is 12.4 Å². The Morgan fingerprint density at radius 1 is 0.537 bits per heavy atom. The first-order valence-corrected chi connectivity index (χ1v) is 14.6. The third-order valence-corrected chi connectivity index (χ3v) is 10.1. The molecule has 3 aliphatic carbocycles. The van der Waals surface area contributed by atoms with Crippen LogP contribution in [0.25, 0.3) is 49.1 Å². The maximum atomic E-state index is 2.54. The van der Waals surface area contributed by atoms with Crippen molar-refractivity contribution in [3.63, 3.8) is 0 Å². The molecule has 0 aliphatic heterocycles. The molecule has 0 unspecified atom stereocenters. The van der Waals surface area contributed by atoms with Crippen LogP contribution in [-0.4, -0.2) is 4.40 Å². The molecule has 2 bridgehead atoms. The van der Waals surface area contributed by atoms with Gasteiger partial charge in [0.25, 0.3) is 5.65 Å². The van der Waals surface area contributed by atoms with Crippen LogP contribution in [0.15, 0.2) is 115 Å². The molecule has 11 rings (SSSR count). The van der Waals surface area contributed by atoms with Crippen LogP contribution in [0, 0.1) is 6.92 Å². The van der Waals surface area contributed by atoms with E-state index in [4.69, 9.17) is 0 Å². The van der Waals surface area contributed by atoms with Gasteiger partial charge in [-0.15, -0.1) is 0 Å². The Morgan fingerprint density at radius 3 is 1.90 bits per heavy atom. The topological polar surface area (TPSA) is 8.29 Å². The molecule has 2 heterocycles. The highest BCUT2D eigenvalue weighted by Crippen LogP contribution is 2.57. The summed E-state index contributed by atoms with van der Waals surface area (Å²) in [4.78, 5) is 0. The van der Waals surface area contributed by atoms with Crippen LogP contribution < -0.4 is 4.57 Å². The number of aromatic nitrogens is 2. The van der Waals surface area contributed by atoms with E-state index in [0.717, 1.165) is 0 Å². The smallest absolute Gasteiger partial charge is 0.225 e. The zero-order valence-electron chi connectivity index (χ0n) is 23.0. The Kier molecular flexibility index (Phi) is 3.94. The van der Waals surface area contributed by atoms with E-state index in [0.29, 0.717) is 0 Å². The van der Waals surface area contributed by atoms with Crippen LogP contribution in [0.4, 0.5) is 0 Å². The van der Waals surface area contributed by atoms with E-state index in [-0.39, 0.29) is 11.8 Å². The minimum Gasteiger partial charge on any atom is -0.225 e. The number of fused-ring (bicyclic) bond motifs is 10. The van der Waals surface area contributed by atoms with Gasteiger partial charge in [-0.25, -0.2) is 4.57 Å². The fourth-order valence-corrected chi connectivity index (χ4v) is 8.53. The molecule has 0 fully saturated rings. The van der Waals surface area contributed by atoms with Gasteiger partial charge in [-0.05, 0) is 75.5 Å². The number of hydrogen-bond donors (Lipinski definition) is 0. The normalized spacial score (nSPS) is 17.0. The van der Waals surface area contributed by atoms with Gasteiger partial charge in [0.1, 0.15) is 5.52 Å². The van der Waals surface area contributed by atoms with Crippen molar-refractivity contribution in [1.29, 1.82) is 0 Å². The zero-order chi connectivity index (χ0) is 27.0. The molecule has 6 aromatic carbocycles. The van der Waals surface area contributed by atoms with E-state index < -0.39 is 0 Å². The van der Waals surface area contributed by atoms with Crippen molar-refractivity contribution in [2.45, 2.75) is 18.8 Å². The maximum Gasteiger partial charge on any atom is 0.295 e. The molecule has 192 valence electrons. The lowest BCUT2D eigenvalue weighted by atomic mass is 9.60. The second-order valence-electron chi connectivity index (χ2n) is 12.0. The monoisotopic (exact) mass is 523 g/mol. The molecule has 2 aromatic heterocycles. The van der Waals surface area contributed by atoms with Crippen molar-refractivity contribution in [3.05, 3.63) is 154 Å². The van der Waals surface area contributed by atoms with E-state index in [1.165, 1.54) is 88.1 Å². The van der Waals surface area contributed by atoms with Crippen LogP contribution in [0.5, 0.6) is 0 Å². The van der Waals surface area contributed by atoms with Gasteiger partial charge in [0.2, 0.25) is 0 Å². The van der Waals surface area contributed by atoms with Crippen molar-refractivity contribution in [3.8, 4) is 0 Å². The van der Waals surface area contributed by atoms with Crippen molar-refractivity contribution in [1.82, 2.24) is 4.40 Å². The minimum atomic E-state index is 0.249. The lowest BCUT2D eigenvalue weighted by molar-refractivity contribution is -0.617. The highest BCUT2D eigenvalue weighted by Gasteiger charge is 2.42. The molecule has 0 radical (unpaired) electrons. The number of para-hydroxylation sites is 2. The van der Waals surface area contributed by atoms with Gasteiger partial charge in [-0.3, -0.25) is 0 Å². The summed E-state index contributed by atoms with van der Waals surface area (Å²) in [5.74, 6) is 0.534. The quantitative estimate of drug-likeness (QED) is 0.139. The molecule has 41 heavy (non-hydrogen) atoms. The summed E-state index contributed by atoms with van der Waals surface area (Å²) in [6.07, 6.45) is 0. The first kappa shape index (κ1) is 21.8. The molecule has 0 N–H and O–H groups in total. The summed E-state index contributed by atoms with van der Waals surface area (Å²) in [7, 11) is 2.22. The third-order valence-electron chi connectivity index (χ3n) is 10.1. The van der Waals surface area contributed by atoms with Crippen molar-refractivity contribution >= 4 is 49.1 Å². The molecule has 8 aromatic rings. The average molecular weight is 524 g/mol.